The van der Waals surface area contributed by atoms with E-state index in [9.17, 15) is 14.9 Å². The fraction of sp³-hybridized carbons (Fsp3) is 0.533. The van der Waals surface area contributed by atoms with Crippen LogP contribution in [-0.4, -0.2) is 16.8 Å². The van der Waals surface area contributed by atoms with Crippen molar-refractivity contribution in [3.8, 4) is 5.75 Å². The van der Waals surface area contributed by atoms with Gasteiger partial charge in [-0.1, -0.05) is 13.3 Å². The van der Waals surface area contributed by atoms with Gasteiger partial charge in [0.2, 0.25) is 0 Å². The number of nitrogens with zero attached hydrogens (tertiary/aromatic N) is 1. The van der Waals surface area contributed by atoms with Gasteiger partial charge in [0.15, 0.2) is 5.78 Å². The molecule has 1 aliphatic carbocycles. The summed E-state index contributed by atoms with van der Waals surface area (Å²) in [7, 11) is 0. The third-order valence-electron chi connectivity index (χ3n) is 3.87. The Morgan fingerprint density at radius 1 is 1.35 bits per heavy atom. The highest BCUT2D eigenvalue weighted by atomic mass is 16.6. The van der Waals surface area contributed by atoms with Crippen molar-refractivity contribution >= 4 is 11.5 Å². The van der Waals surface area contributed by atoms with Crippen LogP contribution in [0.15, 0.2) is 18.2 Å². The van der Waals surface area contributed by atoms with Crippen molar-refractivity contribution in [1.29, 1.82) is 0 Å². The van der Waals surface area contributed by atoms with E-state index in [0.717, 1.165) is 19.3 Å². The van der Waals surface area contributed by atoms with Gasteiger partial charge in [0, 0.05) is 0 Å². The minimum Gasteiger partial charge on any atom is -0.490 e. The van der Waals surface area contributed by atoms with E-state index in [0.29, 0.717) is 11.7 Å². The van der Waals surface area contributed by atoms with Crippen LogP contribution in [-0.2, 0) is 0 Å². The predicted octanol–water partition coefficient (Wildman–Crippen LogP) is 3.75. The molecule has 1 aliphatic rings. The molecule has 5 nitrogen and oxygen atoms in total. The fourth-order valence-corrected chi connectivity index (χ4v) is 2.67. The Morgan fingerprint density at radius 3 is 2.65 bits per heavy atom. The summed E-state index contributed by atoms with van der Waals surface area (Å²) < 4.78 is 5.88. The lowest BCUT2D eigenvalue weighted by molar-refractivity contribution is -0.385. The summed E-state index contributed by atoms with van der Waals surface area (Å²) in [5, 5.41) is 11.0. The lowest BCUT2D eigenvalue weighted by Gasteiger charge is -2.29. The number of Topliss-reactive ketones (excluding diaryl/α,β-unsaturated/α-hetero) is 1. The third-order valence-corrected chi connectivity index (χ3v) is 3.87. The van der Waals surface area contributed by atoms with Crippen molar-refractivity contribution < 1.29 is 14.5 Å². The monoisotopic (exact) mass is 277 g/mol. The lowest BCUT2D eigenvalue weighted by Crippen LogP contribution is -2.28. The maximum Gasteiger partial charge on any atom is 0.283 e. The molecule has 0 spiro atoms. The zero-order valence-corrected chi connectivity index (χ0v) is 11.8. The first-order valence-corrected chi connectivity index (χ1v) is 6.95. The molecule has 2 unspecified atom stereocenters. The second kappa shape index (κ2) is 6.03. The molecule has 0 heterocycles. The first kappa shape index (κ1) is 14.5. The van der Waals surface area contributed by atoms with Gasteiger partial charge in [-0.05, 0) is 44.2 Å². The van der Waals surface area contributed by atoms with Gasteiger partial charge >= 0.3 is 0 Å². The highest BCUT2D eigenvalue weighted by Crippen LogP contribution is 2.31. The zero-order chi connectivity index (χ0) is 14.7. The van der Waals surface area contributed by atoms with Crippen molar-refractivity contribution in [1.82, 2.24) is 0 Å². The minimum atomic E-state index is -0.534. The van der Waals surface area contributed by atoms with E-state index >= 15 is 0 Å². The summed E-state index contributed by atoms with van der Waals surface area (Å²) >= 11 is 0. The molecule has 108 valence electrons. The van der Waals surface area contributed by atoms with Crippen LogP contribution in [0.5, 0.6) is 5.75 Å². The van der Waals surface area contributed by atoms with E-state index in [1.807, 2.05) is 0 Å². The molecule has 0 saturated heterocycles. The molecule has 2 rings (SSSR count). The number of carbonyl (C=O) groups is 1. The molecule has 2 atom stereocenters. The Bertz CT molecular complexity index is 527. The third kappa shape index (κ3) is 3.15. The zero-order valence-electron chi connectivity index (χ0n) is 11.8. The Morgan fingerprint density at radius 2 is 2.05 bits per heavy atom. The molecular weight excluding hydrogens is 258 g/mol. The van der Waals surface area contributed by atoms with E-state index < -0.39 is 4.92 Å². The average Bonchev–Trinajstić information content (AvgIpc) is 2.41. The van der Waals surface area contributed by atoms with Gasteiger partial charge in [0.05, 0.1) is 16.6 Å². The van der Waals surface area contributed by atoms with Gasteiger partial charge < -0.3 is 4.74 Å². The number of hydrogen-bond acceptors (Lipinski definition) is 4. The topological polar surface area (TPSA) is 69.4 Å². The Kier molecular flexibility index (Phi) is 4.37. The maximum absolute atomic E-state index is 11.4. The summed E-state index contributed by atoms with van der Waals surface area (Å²) in [6.07, 6.45) is 4.54. The smallest absolute Gasteiger partial charge is 0.283 e. The van der Waals surface area contributed by atoms with Crippen molar-refractivity contribution in [3.63, 3.8) is 0 Å². The Hall–Kier alpha value is -1.91. The summed E-state index contributed by atoms with van der Waals surface area (Å²) in [6, 6.07) is 4.48. The molecule has 20 heavy (non-hydrogen) atoms. The molecular formula is C15H19NO4. The minimum absolute atomic E-state index is 0.103. The number of nitro benzene ring substituents is 1. The van der Waals surface area contributed by atoms with E-state index in [1.54, 1.807) is 6.07 Å². The van der Waals surface area contributed by atoms with Crippen molar-refractivity contribution in [3.05, 3.63) is 33.9 Å². The Balaban J connectivity index is 2.22. The van der Waals surface area contributed by atoms with Crippen LogP contribution in [0.3, 0.4) is 0 Å². The number of ether oxygens (including phenoxy) is 1. The van der Waals surface area contributed by atoms with Crippen LogP contribution in [0.1, 0.15) is 49.9 Å². The molecule has 0 bridgehead atoms. The van der Waals surface area contributed by atoms with Gasteiger partial charge in [-0.3, -0.25) is 14.9 Å². The number of hydrogen-bond donors (Lipinski definition) is 0. The molecule has 0 N–H and O–H groups in total. The van der Waals surface area contributed by atoms with Crippen LogP contribution in [0.25, 0.3) is 0 Å². The Labute approximate surface area is 118 Å². The average molecular weight is 277 g/mol. The molecule has 1 aromatic carbocycles. The van der Waals surface area contributed by atoms with Crippen molar-refractivity contribution in [2.24, 2.45) is 5.92 Å². The standard InChI is InChI=1S/C15H19NO4/c1-10-5-3-4-6-15(10)20-12-7-8-13(11(2)17)14(9-12)16(18)19/h7-10,15H,3-6H2,1-2H3. The van der Waals surface area contributed by atoms with Crippen LogP contribution in [0.4, 0.5) is 5.69 Å². The molecule has 0 aliphatic heterocycles. The quantitative estimate of drug-likeness (QED) is 0.477. The van der Waals surface area contributed by atoms with E-state index in [4.69, 9.17) is 4.74 Å². The van der Waals surface area contributed by atoms with Gasteiger partial charge in [0.1, 0.15) is 11.9 Å². The molecule has 1 aromatic rings. The van der Waals surface area contributed by atoms with Crippen LogP contribution in [0, 0.1) is 16.0 Å². The summed E-state index contributed by atoms with van der Waals surface area (Å²) in [6.45, 7) is 3.47. The number of benzene rings is 1. The molecule has 1 saturated carbocycles. The van der Waals surface area contributed by atoms with E-state index in [1.165, 1.54) is 25.5 Å². The summed E-state index contributed by atoms with van der Waals surface area (Å²) in [5.41, 5.74) is -0.0579. The normalized spacial score (nSPS) is 22.3. The number of rotatable bonds is 4. The molecule has 5 heteroatoms. The maximum atomic E-state index is 11.4. The number of nitro groups is 1. The number of carbonyl (C=O) groups excluding carboxylic acids is 1. The second-order valence-electron chi connectivity index (χ2n) is 5.41. The molecule has 0 radical (unpaired) electrons. The van der Waals surface area contributed by atoms with Crippen LogP contribution >= 0.6 is 0 Å². The van der Waals surface area contributed by atoms with Crippen molar-refractivity contribution in [2.45, 2.75) is 45.6 Å². The molecule has 0 amide bonds. The van der Waals surface area contributed by atoms with Crippen LogP contribution < -0.4 is 4.74 Å². The summed E-state index contributed by atoms with van der Waals surface area (Å²) in [4.78, 5) is 21.9. The van der Waals surface area contributed by atoms with Gasteiger partial charge in [-0.15, -0.1) is 0 Å². The molecule has 1 fully saturated rings. The largest absolute Gasteiger partial charge is 0.490 e. The second-order valence-corrected chi connectivity index (χ2v) is 5.41. The van der Waals surface area contributed by atoms with Crippen LogP contribution in [0.2, 0.25) is 0 Å². The van der Waals surface area contributed by atoms with Gasteiger partial charge in [-0.2, -0.15) is 0 Å². The highest BCUT2D eigenvalue weighted by molar-refractivity contribution is 5.98. The van der Waals surface area contributed by atoms with Crippen molar-refractivity contribution in [2.75, 3.05) is 0 Å². The van der Waals surface area contributed by atoms with Gasteiger partial charge in [-0.25, -0.2) is 0 Å². The summed E-state index contributed by atoms with van der Waals surface area (Å²) in [5.74, 6) is 0.616. The lowest BCUT2D eigenvalue weighted by atomic mass is 9.88. The van der Waals surface area contributed by atoms with E-state index in [-0.39, 0.29) is 23.1 Å². The first-order valence-electron chi connectivity index (χ1n) is 6.95. The molecule has 0 aromatic heterocycles. The number of ketones is 1. The highest BCUT2D eigenvalue weighted by Gasteiger charge is 2.24. The predicted molar refractivity (Wildman–Crippen MR) is 75.1 cm³/mol. The van der Waals surface area contributed by atoms with Gasteiger partial charge in [0.25, 0.3) is 5.69 Å². The van der Waals surface area contributed by atoms with E-state index in [2.05, 4.69) is 6.92 Å². The fourth-order valence-electron chi connectivity index (χ4n) is 2.67. The first-order chi connectivity index (χ1) is 9.49. The SMILES string of the molecule is CC(=O)c1ccc(OC2CCCCC2C)cc1[N+](=O)[O-].